The van der Waals surface area contributed by atoms with E-state index in [0.29, 0.717) is 30.1 Å². The third kappa shape index (κ3) is 5.79. The fourth-order valence-corrected chi connectivity index (χ4v) is 5.31. The smallest absolute Gasteiger partial charge is 0.275 e. The topological polar surface area (TPSA) is 83.4 Å². The van der Waals surface area contributed by atoms with Crippen LogP contribution in [0.1, 0.15) is 68.4 Å². The van der Waals surface area contributed by atoms with Gasteiger partial charge in [-0.3, -0.25) is 14.8 Å². The molecule has 6 heteroatoms. The molecule has 0 spiro atoms. The zero-order chi connectivity index (χ0) is 29.1. The Labute approximate surface area is 240 Å². The predicted molar refractivity (Wildman–Crippen MR) is 163 cm³/mol. The van der Waals surface area contributed by atoms with Crippen molar-refractivity contribution in [3.05, 3.63) is 130 Å². The summed E-state index contributed by atoms with van der Waals surface area (Å²) in [6.45, 7) is 9.70. The average molecular weight is 546 g/mol. The summed E-state index contributed by atoms with van der Waals surface area (Å²) in [5, 5.41) is 13.2. The van der Waals surface area contributed by atoms with Gasteiger partial charge in [0.25, 0.3) is 11.8 Å². The van der Waals surface area contributed by atoms with Gasteiger partial charge in [-0.25, -0.2) is 5.48 Å². The summed E-state index contributed by atoms with van der Waals surface area (Å²) in [7, 11) is 0. The van der Waals surface area contributed by atoms with E-state index in [9.17, 15) is 9.59 Å². The normalized spacial score (nSPS) is 11.2. The van der Waals surface area contributed by atoms with E-state index >= 15 is 0 Å². The van der Waals surface area contributed by atoms with Crippen LogP contribution in [0.4, 0.5) is 0 Å². The third-order valence-electron chi connectivity index (χ3n) is 7.85. The summed E-state index contributed by atoms with van der Waals surface area (Å²) >= 11 is 0. The molecule has 0 fully saturated rings. The number of nitrogens with one attached hydrogen (secondary N) is 2. The minimum absolute atomic E-state index is 0.0857. The second-order valence-electron chi connectivity index (χ2n) is 10.8. The molecular formula is C35H35N3O3. The quantitative estimate of drug-likeness (QED) is 0.143. The Kier molecular flexibility index (Phi) is 8.04. The van der Waals surface area contributed by atoms with Crippen LogP contribution in [0.25, 0.3) is 22.0 Å². The first kappa shape index (κ1) is 27.9. The van der Waals surface area contributed by atoms with Gasteiger partial charge in [0, 0.05) is 40.8 Å². The Morgan fingerprint density at radius 3 is 2.32 bits per heavy atom. The third-order valence-corrected chi connectivity index (χ3v) is 7.85. The molecule has 0 saturated heterocycles. The van der Waals surface area contributed by atoms with Crippen LogP contribution in [0.3, 0.4) is 0 Å². The fourth-order valence-electron chi connectivity index (χ4n) is 5.31. The molecule has 2 amide bonds. The number of carbonyl (C=O) groups excluding carboxylic acids is 2. The van der Waals surface area contributed by atoms with Crippen molar-refractivity contribution in [1.82, 2.24) is 15.4 Å². The van der Waals surface area contributed by atoms with Gasteiger partial charge in [-0.2, -0.15) is 0 Å². The van der Waals surface area contributed by atoms with Crippen LogP contribution < -0.4 is 10.8 Å². The standard InChI is InChI=1S/C35H35N3O3/c1-22(2)28-9-7-8-26(18-28)20-36-34(39)29-16-17-33-32(19-29)23(3)24(4)38(33)21-25-12-14-27(15-13-25)30-10-5-6-11-31(30)35(40)37-41/h5-19,22,41H,20-21H2,1-4H3,(H,36,39)(H,37,40). The number of aromatic nitrogens is 1. The number of hydroxylamine groups is 1. The van der Waals surface area contributed by atoms with E-state index in [2.05, 4.69) is 61.8 Å². The fraction of sp³-hybridized carbons (Fsp3) is 0.200. The molecule has 1 aromatic heterocycles. The highest BCUT2D eigenvalue weighted by Crippen LogP contribution is 2.29. The molecule has 6 nitrogen and oxygen atoms in total. The van der Waals surface area contributed by atoms with Crippen molar-refractivity contribution in [2.45, 2.75) is 46.7 Å². The molecule has 0 aliphatic carbocycles. The molecule has 208 valence electrons. The second kappa shape index (κ2) is 11.8. The summed E-state index contributed by atoms with van der Waals surface area (Å²) in [6, 6.07) is 29.5. The molecule has 0 radical (unpaired) electrons. The Morgan fingerprint density at radius 2 is 1.59 bits per heavy atom. The zero-order valence-corrected chi connectivity index (χ0v) is 23.9. The average Bonchev–Trinajstić information content (AvgIpc) is 3.24. The van der Waals surface area contributed by atoms with Crippen LogP contribution in [0.2, 0.25) is 0 Å². The van der Waals surface area contributed by atoms with Crippen molar-refractivity contribution in [3.8, 4) is 11.1 Å². The second-order valence-corrected chi connectivity index (χ2v) is 10.8. The minimum atomic E-state index is -0.539. The van der Waals surface area contributed by atoms with E-state index < -0.39 is 5.91 Å². The molecule has 0 aliphatic heterocycles. The first-order chi connectivity index (χ1) is 19.8. The summed E-state index contributed by atoms with van der Waals surface area (Å²) < 4.78 is 2.27. The van der Waals surface area contributed by atoms with Crippen molar-refractivity contribution in [3.63, 3.8) is 0 Å². The van der Waals surface area contributed by atoms with Crippen molar-refractivity contribution in [2.75, 3.05) is 0 Å². The summed E-state index contributed by atoms with van der Waals surface area (Å²) in [6.07, 6.45) is 0. The lowest BCUT2D eigenvalue weighted by Gasteiger charge is -2.12. The lowest BCUT2D eigenvalue weighted by Crippen LogP contribution is -2.22. The van der Waals surface area contributed by atoms with Gasteiger partial charge in [-0.05, 0) is 77.4 Å². The van der Waals surface area contributed by atoms with E-state index in [0.717, 1.165) is 44.4 Å². The van der Waals surface area contributed by atoms with Crippen molar-refractivity contribution in [1.29, 1.82) is 0 Å². The molecular weight excluding hydrogens is 510 g/mol. The van der Waals surface area contributed by atoms with E-state index in [1.54, 1.807) is 17.6 Å². The van der Waals surface area contributed by atoms with Gasteiger partial charge in [-0.15, -0.1) is 0 Å². The number of hydrogen-bond donors (Lipinski definition) is 3. The Balaban J connectivity index is 1.35. The van der Waals surface area contributed by atoms with Gasteiger partial charge in [-0.1, -0.05) is 80.6 Å². The summed E-state index contributed by atoms with van der Waals surface area (Å²) in [5.74, 6) is -0.182. The molecule has 0 unspecified atom stereocenters. The van der Waals surface area contributed by atoms with Gasteiger partial charge < -0.3 is 9.88 Å². The first-order valence-electron chi connectivity index (χ1n) is 13.9. The van der Waals surface area contributed by atoms with Crippen molar-refractivity contribution < 1.29 is 14.8 Å². The number of amides is 2. The maximum Gasteiger partial charge on any atom is 0.275 e. The predicted octanol–water partition coefficient (Wildman–Crippen LogP) is 7.15. The van der Waals surface area contributed by atoms with Crippen LogP contribution in [-0.2, 0) is 13.1 Å². The highest BCUT2D eigenvalue weighted by atomic mass is 16.5. The molecule has 0 saturated carbocycles. The molecule has 5 aromatic rings. The lowest BCUT2D eigenvalue weighted by atomic mass is 9.98. The molecule has 1 heterocycles. The number of hydrogen-bond acceptors (Lipinski definition) is 3. The number of carbonyl (C=O) groups is 2. The SMILES string of the molecule is Cc1c(C)n(Cc2ccc(-c3ccccc3C(=O)NO)cc2)c2ccc(C(=O)NCc3cccc(C(C)C)c3)cc12. The molecule has 0 aliphatic rings. The van der Waals surface area contributed by atoms with E-state index in [4.69, 9.17) is 5.21 Å². The van der Waals surface area contributed by atoms with Crippen LogP contribution in [0.15, 0.2) is 91.0 Å². The van der Waals surface area contributed by atoms with E-state index in [-0.39, 0.29) is 5.91 Å². The first-order valence-corrected chi connectivity index (χ1v) is 13.9. The van der Waals surface area contributed by atoms with E-state index in [1.807, 2.05) is 54.6 Å². The minimum Gasteiger partial charge on any atom is -0.348 e. The summed E-state index contributed by atoms with van der Waals surface area (Å²) in [5.41, 5.74) is 11.3. The molecule has 5 rings (SSSR count). The Morgan fingerprint density at radius 1 is 0.829 bits per heavy atom. The van der Waals surface area contributed by atoms with E-state index in [1.165, 1.54) is 5.56 Å². The van der Waals surface area contributed by atoms with Crippen LogP contribution in [0, 0.1) is 13.8 Å². The highest BCUT2D eigenvalue weighted by Gasteiger charge is 2.16. The molecule has 4 aromatic carbocycles. The van der Waals surface area contributed by atoms with Gasteiger partial charge in [0.05, 0.1) is 0 Å². The number of aryl methyl sites for hydroxylation is 1. The largest absolute Gasteiger partial charge is 0.348 e. The molecule has 0 atom stereocenters. The van der Waals surface area contributed by atoms with Gasteiger partial charge in [0.1, 0.15) is 0 Å². The Hall–Kier alpha value is -4.68. The van der Waals surface area contributed by atoms with Gasteiger partial charge in [0.15, 0.2) is 0 Å². The van der Waals surface area contributed by atoms with Crippen LogP contribution in [0.5, 0.6) is 0 Å². The monoisotopic (exact) mass is 545 g/mol. The van der Waals surface area contributed by atoms with Gasteiger partial charge >= 0.3 is 0 Å². The molecule has 3 N–H and O–H groups in total. The van der Waals surface area contributed by atoms with Crippen LogP contribution >= 0.6 is 0 Å². The maximum absolute atomic E-state index is 13.1. The maximum atomic E-state index is 13.1. The lowest BCUT2D eigenvalue weighted by molar-refractivity contribution is 0.0707. The highest BCUT2D eigenvalue weighted by molar-refractivity contribution is 6.00. The number of fused-ring (bicyclic) bond motifs is 1. The number of nitrogens with zero attached hydrogens (tertiary/aromatic N) is 1. The van der Waals surface area contributed by atoms with Crippen molar-refractivity contribution >= 4 is 22.7 Å². The van der Waals surface area contributed by atoms with Crippen LogP contribution in [-0.4, -0.2) is 21.6 Å². The van der Waals surface area contributed by atoms with Gasteiger partial charge in [0.2, 0.25) is 0 Å². The molecule has 0 bridgehead atoms. The number of benzene rings is 4. The number of rotatable bonds is 8. The summed E-state index contributed by atoms with van der Waals surface area (Å²) in [4.78, 5) is 25.1. The molecule has 41 heavy (non-hydrogen) atoms. The van der Waals surface area contributed by atoms with Crippen molar-refractivity contribution in [2.24, 2.45) is 0 Å². The zero-order valence-electron chi connectivity index (χ0n) is 23.9. The Bertz CT molecular complexity index is 1730.